The van der Waals surface area contributed by atoms with Crippen molar-refractivity contribution in [2.24, 2.45) is 0 Å². The van der Waals surface area contributed by atoms with Gasteiger partial charge in [0.25, 0.3) is 10.0 Å². The second-order valence-corrected chi connectivity index (χ2v) is 11.2. The SMILES string of the molecule is CC(C)(O)c1ccc(N2CCN(S(=O)(=O)c3cccs3)CC2)c(-c2cccc(F)c2)c1. The lowest BCUT2D eigenvalue weighted by atomic mass is 9.92. The first-order valence-corrected chi connectivity index (χ1v) is 12.4. The molecule has 0 saturated carbocycles. The van der Waals surface area contributed by atoms with E-state index in [1.807, 2.05) is 24.3 Å². The van der Waals surface area contributed by atoms with Crippen molar-refractivity contribution in [1.29, 1.82) is 0 Å². The molecule has 31 heavy (non-hydrogen) atoms. The first-order valence-electron chi connectivity index (χ1n) is 10.1. The Kier molecular flexibility index (Phi) is 5.91. The van der Waals surface area contributed by atoms with Crippen molar-refractivity contribution in [3.63, 3.8) is 0 Å². The lowest BCUT2D eigenvalue weighted by Crippen LogP contribution is -2.48. The fourth-order valence-corrected chi connectivity index (χ4v) is 6.35. The van der Waals surface area contributed by atoms with Crippen molar-refractivity contribution in [3.05, 3.63) is 71.4 Å². The molecule has 5 nitrogen and oxygen atoms in total. The Bertz CT molecular complexity index is 1160. The smallest absolute Gasteiger partial charge is 0.252 e. The normalized spacial score (nSPS) is 15.9. The summed E-state index contributed by atoms with van der Waals surface area (Å²) in [6.45, 7) is 5.22. The number of sulfonamides is 1. The Labute approximate surface area is 186 Å². The molecule has 8 heteroatoms. The van der Waals surface area contributed by atoms with E-state index in [9.17, 15) is 17.9 Å². The van der Waals surface area contributed by atoms with Crippen molar-refractivity contribution in [2.75, 3.05) is 31.1 Å². The third-order valence-corrected chi connectivity index (χ3v) is 8.78. The summed E-state index contributed by atoms with van der Waals surface area (Å²) in [5.41, 5.74) is 2.12. The molecule has 0 radical (unpaired) electrons. The number of aliphatic hydroxyl groups is 1. The summed E-state index contributed by atoms with van der Waals surface area (Å²) >= 11 is 1.22. The van der Waals surface area contributed by atoms with Crippen LogP contribution in [0.4, 0.5) is 10.1 Å². The molecule has 1 aliphatic heterocycles. The van der Waals surface area contributed by atoms with E-state index in [-0.39, 0.29) is 5.82 Å². The van der Waals surface area contributed by atoms with Crippen LogP contribution in [0.1, 0.15) is 19.4 Å². The van der Waals surface area contributed by atoms with E-state index in [2.05, 4.69) is 4.90 Å². The minimum Gasteiger partial charge on any atom is -0.386 e. The van der Waals surface area contributed by atoms with E-state index in [0.29, 0.717) is 30.4 Å². The zero-order valence-electron chi connectivity index (χ0n) is 17.5. The summed E-state index contributed by atoms with van der Waals surface area (Å²) in [5.74, 6) is -0.330. The van der Waals surface area contributed by atoms with Gasteiger partial charge in [-0.05, 0) is 60.7 Å². The molecular formula is C23H25FN2O3S2. The second kappa shape index (κ2) is 8.35. The fourth-order valence-electron chi connectivity index (χ4n) is 3.79. The van der Waals surface area contributed by atoms with E-state index in [4.69, 9.17) is 0 Å². The van der Waals surface area contributed by atoms with Gasteiger partial charge in [0.05, 0.1) is 5.60 Å². The van der Waals surface area contributed by atoms with Crippen LogP contribution >= 0.6 is 11.3 Å². The van der Waals surface area contributed by atoms with Gasteiger partial charge in [-0.25, -0.2) is 12.8 Å². The van der Waals surface area contributed by atoms with Crippen molar-refractivity contribution < 1.29 is 17.9 Å². The molecule has 1 saturated heterocycles. The van der Waals surface area contributed by atoms with Crippen LogP contribution in [0.15, 0.2) is 64.2 Å². The van der Waals surface area contributed by atoms with Crippen molar-refractivity contribution in [2.45, 2.75) is 23.7 Å². The minimum absolute atomic E-state index is 0.330. The Hall–Kier alpha value is -2.26. The standard InChI is InChI=1S/C23H25FN2O3S2/c1-23(2,27)18-8-9-21(20(16-18)17-5-3-6-19(24)15-17)25-10-12-26(13-11-25)31(28,29)22-7-4-14-30-22/h3-9,14-16,27H,10-13H2,1-2H3. The van der Waals surface area contributed by atoms with E-state index >= 15 is 0 Å². The minimum atomic E-state index is -3.48. The average molecular weight is 461 g/mol. The number of nitrogens with zero attached hydrogens (tertiary/aromatic N) is 2. The molecule has 0 aliphatic carbocycles. The van der Waals surface area contributed by atoms with Gasteiger partial charge in [0.2, 0.25) is 0 Å². The summed E-state index contributed by atoms with van der Waals surface area (Å²) < 4.78 is 41.5. The van der Waals surface area contributed by atoms with Crippen LogP contribution in [0.2, 0.25) is 0 Å². The highest BCUT2D eigenvalue weighted by Gasteiger charge is 2.30. The van der Waals surface area contributed by atoms with Gasteiger partial charge in [-0.1, -0.05) is 24.3 Å². The molecule has 1 N–H and O–H groups in total. The first-order chi connectivity index (χ1) is 14.7. The monoisotopic (exact) mass is 460 g/mol. The van der Waals surface area contributed by atoms with E-state index < -0.39 is 15.6 Å². The molecule has 1 aromatic heterocycles. The molecule has 2 aromatic carbocycles. The lowest BCUT2D eigenvalue weighted by Gasteiger charge is -2.36. The van der Waals surface area contributed by atoms with Gasteiger partial charge in [0.1, 0.15) is 10.0 Å². The van der Waals surface area contributed by atoms with Crippen molar-refractivity contribution >= 4 is 27.0 Å². The summed E-state index contributed by atoms with van der Waals surface area (Å²) in [5, 5.41) is 12.2. The van der Waals surface area contributed by atoms with Gasteiger partial charge in [-0.3, -0.25) is 0 Å². The number of anilines is 1. The average Bonchev–Trinajstić information content (AvgIpc) is 3.29. The number of halogens is 1. The molecule has 0 atom stereocenters. The number of hydrogen-bond donors (Lipinski definition) is 1. The molecule has 0 amide bonds. The van der Waals surface area contributed by atoms with Crippen LogP contribution in [0.25, 0.3) is 11.1 Å². The highest BCUT2D eigenvalue weighted by molar-refractivity contribution is 7.91. The van der Waals surface area contributed by atoms with E-state index in [1.165, 1.54) is 27.8 Å². The van der Waals surface area contributed by atoms with E-state index in [1.54, 1.807) is 37.4 Å². The van der Waals surface area contributed by atoms with Crippen LogP contribution in [0.5, 0.6) is 0 Å². The van der Waals surface area contributed by atoms with Crippen LogP contribution in [-0.4, -0.2) is 44.0 Å². The van der Waals surface area contributed by atoms with Gasteiger partial charge < -0.3 is 10.0 Å². The number of rotatable bonds is 5. The Balaban J connectivity index is 1.64. The fraction of sp³-hybridized carbons (Fsp3) is 0.304. The maximum absolute atomic E-state index is 13.9. The Morgan fingerprint density at radius 1 is 1.00 bits per heavy atom. The van der Waals surface area contributed by atoms with Crippen LogP contribution in [0, 0.1) is 5.82 Å². The zero-order valence-corrected chi connectivity index (χ0v) is 19.1. The molecule has 3 aromatic rings. The third-order valence-electron chi connectivity index (χ3n) is 5.51. The number of hydrogen-bond acceptors (Lipinski definition) is 5. The first kappa shape index (κ1) is 22.0. The van der Waals surface area contributed by atoms with Gasteiger partial charge in [0.15, 0.2) is 0 Å². The Morgan fingerprint density at radius 2 is 1.74 bits per heavy atom. The summed E-state index contributed by atoms with van der Waals surface area (Å²) in [6.07, 6.45) is 0. The third kappa shape index (κ3) is 4.52. The number of thiophene rings is 1. The van der Waals surface area contributed by atoms with Gasteiger partial charge in [0, 0.05) is 37.4 Å². The summed E-state index contributed by atoms with van der Waals surface area (Å²) in [4.78, 5) is 2.12. The molecule has 4 rings (SSSR count). The zero-order chi connectivity index (χ0) is 22.2. The molecule has 1 fully saturated rings. The van der Waals surface area contributed by atoms with Crippen LogP contribution < -0.4 is 4.90 Å². The van der Waals surface area contributed by atoms with Crippen LogP contribution in [0.3, 0.4) is 0 Å². The van der Waals surface area contributed by atoms with Gasteiger partial charge in [-0.15, -0.1) is 11.3 Å². The topological polar surface area (TPSA) is 60.9 Å². The van der Waals surface area contributed by atoms with Gasteiger partial charge >= 0.3 is 0 Å². The second-order valence-electron chi connectivity index (χ2n) is 8.12. The summed E-state index contributed by atoms with van der Waals surface area (Å²) in [7, 11) is -3.48. The molecule has 0 unspecified atom stereocenters. The molecule has 0 spiro atoms. The molecule has 2 heterocycles. The highest BCUT2D eigenvalue weighted by atomic mass is 32.2. The Morgan fingerprint density at radius 3 is 2.35 bits per heavy atom. The summed E-state index contributed by atoms with van der Waals surface area (Å²) in [6, 6.07) is 15.4. The van der Waals surface area contributed by atoms with E-state index in [0.717, 1.165) is 22.4 Å². The van der Waals surface area contributed by atoms with Crippen molar-refractivity contribution in [3.8, 4) is 11.1 Å². The molecule has 164 valence electrons. The van der Waals surface area contributed by atoms with Crippen LogP contribution in [-0.2, 0) is 15.6 Å². The molecular weight excluding hydrogens is 435 g/mol. The predicted molar refractivity (Wildman–Crippen MR) is 122 cm³/mol. The highest BCUT2D eigenvalue weighted by Crippen LogP contribution is 2.36. The molecule has 0 bridgehead atoms. The molecule has 1 aliphatic rings. The largest absolute Gasteiger partial charge is 0.386 e. The van der Waals surface area contributed by atoms with Gasteiger partial charge in [-0.2, -0.15) is 4.31 Å². The quantitative estimate of drug-likeness (QED) is 0.617. The number of piperazine rings is 1. The van der Waals surface area contributed by atoms with Crippen molar-refractivity contribution in [1.82, 2.24) is 4.31 Å². The maximum Gasteiger partial charge on any atom is 0.252 e. The predicted octanol–water partition coefficient (Wildman–Crippen LogP) is 4.29. The maximum atomic E-state index is 13.9. The lowest BCUT2D eigenvalue weighted by molar-refractivity contribution is 0.0786. The number of benzene rings is 2.